The lowest BCUT2D eigenvalue weighted by atomic mass is 10.0. The number of alkyl halides is 3. The van der Waals surface area contributed by atoms with Crippen LogP contribution in [0, 0.1) is 0 Å². The van der Waals surface area contributed by atoms with Crippen LogP contribution >= 0.6 is 0 Å². The minimum atomic E-state index is -4.29. The van der Waals surface area contributed by atoms with Crippen LogP contribution in [0.25, 0.3) is 0 Å². The Hall–Kier alpha value is -1.29. The lowest BCUT2D eigenvalue weighted by molar-refractivity contribution is -0.137. The van der Waals surface area contributed by atoms with Crippen molar-refractivity contribution in [3.8, 4) is 0 Å². The van der Waals surface area contributed by atoms with E-state index in [1.807, 2.05) is 0 Å². The van der Waals surface area contributed by atoms with Gasteiger partial charge in [0.15, 0.2) is 0 Å². The van der Waals surface area contributed by atoms with E-state index in [1.165, 1.54) is 6.07 Å². The highest BCUT2D eigenvalue weighted by atomic mass is 19.4. The van der Waals surface area contributed by atoms with Crippen LogP contribution in [0.15, 0.2) is 36.4 Å². The molecule has 1 aromatic carbocycles. The standard InChI is InChI=1S/C12H14F3N/c1-9(5-6-16)7-10-3-2-4-11(8-10)12(13,14)15/h2-4,8H,1,5-7,16H2. The van der Waals surface area contributed by atoms with Crippen molar-refractivity contribution < 1.29 is 13.2 Å². The zero-order chi connectivity index (χ0) is 12.2. The van der Waals surface area contributed by atoms with Gasteiger partial charge in [0, 0.05) is 0 Å². The molecule has 0 amide bonds. The zero-order valence-corrected chi connectivity index (χ0v) is 8.85. The first kappa shape index (κ1) is 12.8. The van der Waals surface area contributed by atoms with Crippen molar-refractivity contribution in [2.75, 3.05) is 6.54 Å². The lowest BCUT2D eigenvalue weighted by Crippen LogP contribution is -2.06. The van der Waals surface area contributed by atoms with Crippen LogP contribution in [0.4, 0.5) is 13.2 Å². The Bertz CT molecular complexity index is 369. The van der Waals surface area contributed by atoms with Crippen LogP contribution in [0.5, 0.6) is 0 Å². The molecule has 0 aliphatic heterocycles. The Labute approximate surface area is 92.8 Å². The quantitative estimate of drug-likeness (QED) is 0.788. The third-order valence-corrected chi connectivity index (χ3v) is 2.21. The van der Waals surface area contributed by atoms with Gasteiger partial charge in [-0.2, -0.15) is 13.2 Å². The van der Waals surface area contributed by atoms with Gasteiger partial charge in [-0.25, -0.2) is 0 Å². The second kappa shape index (κ2) is 5.16. The molecule has 16 heavy (non-hydrogen) atoms. The van der Waals surface area contributed by atoms with E-state index < -0.39 is 11.7 Å². The molecule has 0 saturated carbocycles. The van der Waals surface area contributed by atoms with Gasteiger partial charge in [0.1, 0.15) is 0 Å². The van der Waals surface area contributed by atoms with Gasteiger partial charge in [-0.1, -0.05) is 30.4 Å². The molecule has 0 aliphatic carbocycles. The van der Waals surface area contributed by atoms with Crippen molar-refractivity contribution in [2.45, 2.75) is 19.0 Å². The van der Waals surface area contributed by atoms with Gasteiger partial charge in [0.05, 0.1) is 5.56 Å². The molecule has 1 rings (SSSR count). The Kier molecular flexibility index (Phi) is 4.12. The molecule has 88 valence electrons. The Balaban J connectivity index is 2.79. The van der Waals surface area contributed by atoms with Crippen molar-refractivity contribution in [1.82, 2.24) is 0 Å². The molecule has 0 radical (unpaired) electrons. The van der Waals surface area contributed by atoms with Gasteiger partial charge < -0.3 is 5.73 Å². The minimum absolute atomic E-state index is 0.446. The van der Waals surface area contributed by atoms with Crippen molar-refractivity contribution >= 4 is 0 Å². The van der Waals surface area contributed by atoms with Crippen LogP contribution in [-0.4, -0.2) is 6.54 Å². The minimum Gasteiger partial charge on any atom is -0.330 e. The molecule has 0 bridgehead atoms. The van der Waals surface area contributed by atoms with Gasteiger partial charge >= 0.3 is 6.18 Å². The average molecular weight is 229 g/mol. The van der Waals surface area contributed by atoms with Gasteiger partial charge in [-0.15, -0.1) is 0 Å². The Morgan fingerprint density at radius 2 is 2.00 bits per heavy atom. The third kappa shape index (κ3) is 3.70. The molecule has 4 heteroatoms. The summed E-state index contributed by atoms with van der Waals surface area (Å²) in [7, 11) is 0. The molecule has 0 fully saturated rings. The maximum absolute atomic E-state index is 12.4. The molecule has 0 saturated heterocycles. The summed E-state index contributed by atoms with van der Waals surface area (Å²) < 4.78 is 37.2. The molecule has 0 atom stereocenters. The van der Waals surface area contributed by atoms with E-state index in [-0.39, 0.29) is 0 Å². The van der Waals surface area contributed by atoms with E-state index >= 15 is 0 Å². The van der Waals surface area contributed by atoms with Gasteiger partial charge in [0.25, 0.3) is 0 Å². The summed E-state index contributed by atoms with van der Waals surface area (Å²) in [5, 5.41) is 0. The number of nitrogens with two attached hydrogens (primary N) is 1. The number of hydrogen-bond acceptors (Lipinski definition) is 1. The van der Waals surface area contributed by atoms with Crippen molar-refractivity contribution in [1.29, 1.82) is 0 Å². The number of hydrogen-bond donors (Lipinski definition) is 1. The predicted molar refractivity (Wildman–Crippen MR) is 58.0 cm³/mol. The van der Waals surface area contributed by atoms with Gasteiger partial charge in [-0.3, -0.25) is 0 Å². The molecule has 1 nitrogen and oxygen atoms in total. The van der Waals surface area contributed by atoms with Crippen LogP contribution in [0.3, 0.4) is 0 Å². The summed E-state index contributed by atoms with van der Waals surface area (Å²) in [5.74, 6) is 0. The van der Waals surface area contributed by atoms with Crippen LogP contribution in [0.1, 0.15) is 17.5 Å². The summed E-state index contributed by atoms with van der Waals surface area (Å²) in [6.07, 6.45) is -3.21. The first-order valence-electron chi connectivity index (χ1n) is 4.96. The molecule has 2 N–H and O–H groups in total. The summed E-state index contributed by atoms with van der Waals surface area (Å²) in [6, 6.07) is 5.29. The summed E-state index contributed by atoms with van der Waals surface area (Å²) in [4.78, 5) is 0. The molecule has 0 unspecified atom stereocenters. The summed E-state index contributed by atoms with van der Waals surface area (Å²) in [6.45, 7) is 4.24. The molecule has 1 aromatic rings. The lowest BCUT2D eigenvalue weighted by Gasteiger charge is -2.09. The summed E-state index contributed by atoms with van der Waals surface area (Å²) in [5.41, 5.74) is 6.19. The molecule has 0 spiro atoms. The van der Waals surface area contributed by atoms with Crippen LogP contribution in [0.2, 0.25) is 0 Å². The van der Waals surface area contributed by atoms with E-state index in [1.54, 1.807) is 6.07 Å². The zero-order valence-electron chi connectivity index (χ0n) is 8.85. The maximum Gasteiger partial charge on any atom is 0.416 e. The predicted octanol–water partition coefficient (Wildman–Crippen LogP) is 3.15. The number of halogens is 3. The van der Waals surface area contributed by atoms with E-state index in [0.29, 0.717) is 24.9 Å². The normalized spacial score (nSPS) is 11.5. The highest BCUT2D eigenvalue weighted by molar-refractivity contribution is 5.28. The van der Waals surface area contributed by atoms with E-state index in [9.17, 15) is 13.2 Å². The Morgan fingerprint density at radius 3 is 2.56 bits per heavy atom. The average Bonchev–Trinajstić information content (AvgIpc) is 2.17. The topological polar surface area (TPSA) is 26.0 Å². The second-order valence-corrected chi connectivity index (χ2v) is 3.66. The van der Waals surface area contributed by atoms with E-state index in [4.69, 9.17) is 5.73 Å². The fourth-order valence-corrected chi connectivity index (χ4v) is 1.44. The van der Waals surface area contributed by atoms with E-state index in [2.05, 4.69) is 6.58 Å². The molecule has 0 aliphatic rings. The van der Waals surface area contributed by atoms with E-state index in [0.717, 1.165) is 17.7 Å². The maximum atomic E-state index is 12.4. The largest absolute Gasteiger partial charge is 0.416 e. The third-order valence-electron chi connectivity index (χ3n) is 2.21. The molecule has 0 heterocycles. The van der Waals surface area contributed by atoms with Gasteiger partial charge in [-0.05, 0) is 31.0 Å². The highest BCUT2D eigenvalue weighted by Gasteiger charge is 2.30. The molecular weight excluding hydrogens is 215 g/mol. The fraction of sp³-hybridized carbons (Fsp3) is 0.333. The van der Waals surface area contributed by atoms with Crippen molar-refractivity contribution in [3.63, 3.8) is 0 Å². The smallest absolute Gasteiger partial charge is 0.330 e. The monoisotopic (exact) mass is 229 g/mol. The van der Waals surface area contributed by atoms with Crippen molar-refractivity contribution in [2.24, 2.45) is 5.73 Å². The number of rotatable bonds is 4. The van der Waals surface area contributed by atoms with Gasteiger partial charge in [0.2, 0.25) is 0 Å². The van der Waals surface area contributed by atoms with Crippen molar-refractivity contribution in [3.05, 3.63) is 47.5 Å². The number of benzene rings is 1. The fourth-order valence-electron chi connectivity index (χ4n) is 1.44. The van der Waals surface area contributed by atoms with Crippen LogP contribution in [-0.2, 0) is 12.6 Å². The molecular formula is C12H14F3N. The first-order chi connectivity index (χ1) is 7.43. The SMILES string of the molecule is C=C(CCN)Cc1cccc(C(F)(F)F)c1. The second-order valence-electron chi connectivity index (χ2n) is 3.66. The van der Waals surface area contributed by atoms with Crippen LogP contribution < -0.4 is 5.73 Å². The summed E-state index contributed by atoms with van der Waals surface area (Å²) >= 11 is 0. The Morgan fingerprint density at radius 1 is 1.31 bits per heavy atom. The highest BCUT2D eigenvalue weighted by Crippen LogP contribution is 2.29. The first-order valence-corrected chi connectivity index (χ1v) is 4.96. The molecule has 0 aromatic heterocycles.